The summed E-state index contributed by atoms with van der Waals surface area (Å²) >= 11 is 0. The molecule has 0 amide bonds. The Morgan fingerprint density at radius 3 is 1.29 bits per heavy atom. The number of rotatable bonds is 4. The summed E-state index contributed by atoms with van der Waals surface area (Å²) in [7, 11) is 0. The van der Waals surface area contributed by atoms with Crippen LogP contribution < -0.4 is 0 Å². The molecular formula is C22H36O2. The van der Waals surface area contributed by atoms with Gasteiger partial charge in [-0.15, -0.1) is 0 Å². The van der Waals surface area contributed by atoms with Crippen LogP contribution in [0.15, 0.2) is 0 Å². The van der Waals surface area contributed by atoms with Crippen molar-refractivity contribution < 1.29 is 9.59 Å². The number of Topliss-reactive ketones (excluding diaryl/α,β-unsaturated/α-hetero) is 2. The summed E-state index contributed by atoms with van der Waals surface area (Å²) < 4.78 is 0. The molecule has 2 unspecified atom stereocenters. The van der Waals surface area contributed by atoms with Gasteiger partial charge in [0.1, 0.15) is 11.6 Å². The first kappa shape index (κ1) is 18.1. The third-order valence-corrected chi connectivity index (χ3v) is 7.32. The normalized spacial score (nSPS) is 40.9. The molecule has 0 heterocycles. The summed E-state index contributed by atoms with van der Waals surface area (Å²) in [5.41, 5.74) is 0. The van der Waals surface area contributed by atoms with Gasteiger partial charge in [0.15, 0.2) is 0 Å². The zero-order valence-corrected chi connectivity index (χ0v) is 15.8. The Labute approximate surface area is 148 Å². The topological polar surface area (TPSA) is 34.1 Å². The fraction of sp³-hybridized carbons (Fsp3) is 0.909. The number of hydrogen-bond donors (Lipinski definition) is 0. The molecule has 3 aliphatic carbocycles. The van der Waals surface area contributed by atoms with Gasteiger partial charge in [0, 0.05) is 23.7 Å². The second-order valence-electron chi connectivity index (χ2n) is 9.28. The molecule has 0 bridgehead atoms. The summed E-state index contributed by atoms with van der Waals surface area (Å²) in [5.74, 6) is 3.59. The van der Waals surface area contributed by atoms with Crippen LogP contribution >= 0.6 is 0 Å². The molecule has 136 valence electrons. The molecule has 24 heavy (non-hydrogen) atoms. The lowest BCUT2D eigenvalue weighted by Crippen LogP contribution is -2.35. The molecular weight excluding hydrogens is 296 g/mol. The maximum Gasteiger partial charge on any atom is 0.139 e. The largest absolute Gasteiger partial charge is 0.299 e. The van der Waals surface area contributed by atoms with Gasteiger partial charge in [-0.1, -0.05) is 46.0 Å². The molecule has 2 atom stereocenters. The molecule has 3 fully saturated rings. The van der Waals surface area contributed by atoms with Crippen molar-refractivity contribution >= 4 is 11.6 Å². The highest BCUT2D eigenvalue weighted by Gasteiger charge is 2.37. The lowest BCUT2D eigenvalue weighted by molar-refractivity contribution is -0.133. The van der Waals surface area contributed by atoms with E-state index >= 15 is 0 Å². The van der Waals surface area contributed by atoms with Gasteiger partial charge in [-0.05, 0) is 56.8 Å². The van der Waals surface area contributed by atoms with E-state index < -0.39 is 0 Å². The predicted molar refractivity (Wildman–Crippen MR) is 97.7 cm³/mol. The third-order valence-electron chi connectivity index (χ3n) is 7.32. The summed E-state index contributed by atoms with van der Waals surface area (Å²) in [4.78, 5) is 25.9. The molecule has 0 radical (unpaired) electrons. The highest BCUT2D eigenvalue weighted by Crippen LogP contribution is 2.39. The van der Waals surface area contributed by atoms with Crippen molar-refractivity contribution in [2.45, 2.75) is 90.9 Å². The van der Waals surface area contributed by atoms with Crippen molar-refractivity contribution in [3.8, 4) is 0 Å². The predicted octanol–water partition coefficient (Wildman–Crippen LogP) is 5.58. The van der Waals surface area contributed by atoms with Crippen LogP contribution in [-0.2, 0) is 9.59 Å². The minimum atomic E-state index is 0.189. The van der Waals surface area contributed by atoms with Crippen molar-refractivity contribution in [2.75, 3.05) is 0 Å². The Hall–Kier alpha value is -0.660. The van der Waals surface area contributed by atoms with E-state index in [0.29, 0.717) is 23.4 Å². The average molecular weight is 333 g/mol. The molecule has 3 aliphatic rings. The zero-order chi connectivity index (χ0) is 17.1. The maximum absolute atomic E-state index is 12.9. The molecule has 3 rings (SSSR count). The summed E-state index contributed by atoms with van der Waals surface area (Å²) in [6.07, 6.45) is 13.3. The van der Waals surface area contributed by atoms with Crippen molar-refractivity contribution in [1.82, 2.24) is 0 Å². The molecule has 0 N–H and O–H groups in total. The highest BCUT2D eigenvalue weighted by atomic mass is 16.1. The van der Waals surface area contributed by atoms with Gasteiger partial charge < -0.3 is 0 Å². The van der Waals surface area contributed by atoms with Crippen molar-refractivity contribution in [1.29, 1.82) is 0 Å². The van der Waals surface area contributed by atoms with Crippen LogP contribution in [0.4, 0.5) is 0 Å². The Bertz CT molecular complexity index is 399. The van der Waals surface area contributed by atoms with E-state index in [-0.39, 0.29) is 11.8 Å². The number of ketones is 2. The van der Waals surface area contributed by atoms with E-state index in [1.807, 2.05) is 0 Å². The van der Waals surface area contributed by atoms with Crippen LogP contribution in [0.5, 0.6) is 0 Å². The fourth-order valence-electron chi connectivity index (χ4n) is 5.46. The van der Waals surface area contributed by atoms with Crippen LogP contribution in [0.25, 0.3) is 0 Å². The van der Waals surface area contributed by atoms with Gasteiger partial charge >= 0.3 is 0 Å². The number of carbonyl (C=O) groups excluding carboxylic acids is 2. The van der Waals surface area contributed by atoms with Gasteiger partial charge in [-0.3, -0.25) is 9.59 Å². The van der Waals surface area contributed by atoms with Gasteiger partial charge in [-0.25, -0.2) is 0 Å². The Kier molecular flexibility index (Phi) is 6.16. The van der Waals surface area contributed by atoms with Gasteiger partial charge in [0.2, 0.25) is 0 Å². The van der Waals surface area contributed by atoms with E-state index in [1.165, 1.54) is 25.7 Å². The van der Waals surface area contributed by atoms with Crippen LogP contribution in [0.3, 0.4) is 0 Å². The first-order valence-electron chi connectivity index (χ1n) is 10.6. The van der Waals surface area contributed by atoms with E-state index in [9.17, 15) is 9.59 Å². The third kappa shape index (κ3) is 4.29. The Morgan fingerprint density at radius 2 is 0.917 bits per heavy atom. The van der Waals surface area contributed by atoms with Crippen LogP contribution in [-0.4, -0.2) is 11.6 Å². The SMILES string of the molecule is CC1CCC(C(=O)C2CCCC(C(=O)C3CCC(C)CC3)C2)CC1. The molecule has 2 heteroatoms. The van der Waals surface area contributed by atoms with Crippen LogP contribution in [0, 0.1) is 35.5 Å². The highest BCUT2D eigenvalue weighted by molar-refractivity contribution is 5.87. The first-order chi connectivity index (χ1) is 11.5. The summed E-state index contributed by atoms with van der Waals surface area (Å²) in [6.45, 7) is 4.61. The van der Waals surface area contributed by atoms with Crippen molar-refractivity contribution in [3.63, 3.8) is 0 Å². The Morgan fingerprint density at radius 1 is 0.542 bits per heavy atom. The van der Waals surface area contributed by atoms with E-state index in [1.54, 1.807) is 0 Å². The van der Waals surface area contributed by atoms with Crippen molar-refractivity contribution in [2.24, 2.45) is 35.5 Å². The molecule has 0 aromatic carbocycles. The molecule has 0 aliphatic heterocycles. The van der Waals surface area contributed by atoms with Gasteiger partial charge in [0.05, 0.1) is 0 Å². The number of hydrogen-bond acceptors (Lipinski definition) is 2. The van der Waals surface area contributed by atoms with E-state index in [2.05, 4.69) is 13.8 Å². The minimum absolute atomic E-state index is 0.189. The van der Waals surface area contributed by atoms with E-state index in [0.717, 1.165) is 63.2 Å². The molecule has 0 aromatic heterocycles. The van der Waals surface area contributed by atoms with Crippen molar-refractivity contribution in [3.05, 3.63) is 0 Å². The fourth-order valence-corrected chi connectivity index (χ4v) is 5.46. The second-order valence-corrected chi connectivity index (χ2v) is 9.28. The molecule has 2 nitrogen and oxygen atoms in total. The minimum Gasteiger partial charge on any atom is -0.299 e. The standard InChI is InChI=1S/C22H36O2/c1-15-6-10-17(11-7-15)21(23)19-4-3-5-20(14-19)22(24)18-12-8-16(2)9-13-18/h15-20H,3-14H2,1-2H3. The summed E-state index contributed by atoms with van der Waals surface area (Å²) in [6, 6.07) is 0. The lowest BCUT2D eigenvalue weighted by atomic mass is 9.69. The molecule has 0 aromatic rings. The number of carbonyl (C=O) groups is 2. The Balaban J connectivity index is 1.54. The zero-order valence-electron chi connectivity index (χ0n) is 15.8. The van der Waals surface area contributed by atoms with Crippen LogP contribution in [0.2, 0.25) is 0 Å². The van der Waals surface area contributed by atoms with Crippen LogP contribution in [0.1, 0.15) is 90.9 Å². The molecule has 0 spiro atoms. The summed E-state index contributed by atoms with van der Waals surface area (Å²) in [5, 5.41) is 0. The molecule has 0 saturated heterocycles. The van der Waals surface area contributed by atoms with Gasteiger partial charge in [-0.2, -0.15) is 0 Å². The average Bonchev–Trinajstić information content (AvgIpc) is 2.62. The second kappa shape index (κ2) is 8.15. The quantitative estimate of drug-likeness (QED) is 0.673. The van der Waals surface area contributed by atoms with Gasteiger partial charge in [0.25, 0.3) is 0 Å². The van der Waals surface area contributed by atoms with E-state index in [4.69, 9.17) is 0 Å². The first-order valence-corrected chi connectivity index (χ1v) is 10.6. The maximum atomic E-state index is 12.9. The monoisotopic (exact) mass is 332 g/mol. The smallest absolute Gasteiger partial charge is 0.139 e. The lowest BCUT2D eigenvalue weighted by Gasteiger charge is -2.34. The molecule has 3 saturated carbocycles.